The van der Waals surface area contributed by atoms with E-state index in [-0.39, 0.29) is 36.9 Å². The molecule has 0 aromatic heterocycles. The third kappa shape index (κ3) is 5.27. The van der Waals surface area contributed by atoms with Gasteiger partial charge in [0.05, 0.1) is 6.61 Å². The maximum absolute atomic E-state index is 11.9. The van der Waals surface area contributed by atoms with Crippen molar-refractivity contribution in [2.75, 3.05) is 19.8 Å². The van der Waals surface area contributed by atoms with Gasteiger partial charge in [-0.05, 0) is 25.2 Å². The second kappa shape index (κ2) is 7.63. The van der Waals surface area contributed by atoms with Crippen LogP contribution in [0.2, 0.25) is 0 Å². The zero-order chi connectivity index (χ0) is 13.5. The van der Waals surface area contributed by atoms with Crippen LogP contribution in [-0.2, 0) is 9.53 Å². The molecule has 1 rings (SSSR count). The maximum Gasteiger partial charge on any atom is 0.261 e. The first-order valence-corrected chi connectivity index (χ1v) is 6.40. The van der Waals surface area contributed by atoms with Crippen molar-refractivity contribution in [3.8, 4) is 0 Å². The predicted octanol–water partition coefficient (Wildman–Crippen LogP) is 1.15. The zero-order valence-corrected chi connectivity index (χ0v) is 10.7. The molecule has 0 aromatic carbocycles. The molecule has 1 aliphatic rings. The predicted molar refractivity (Wildman–Crippen MR) is 64.3 cm³/mol. The van der Waals surface area contributed by atoms with Gasteiger partial charge >= 0.3 is 0 Å². The molecule has 18 heavy (non-hydrogen) atoms. The molecule has 0 bridgehead atoms. The van der Waals surface area contributed by atoms with Crippen LogP contribution >= 0.6 is 0 Å². The Morgan fingerprint density at radius 3 is 2.83 bits per heavy atom. The van der Waals surface area contributed by atoms with Crippen molar-refractivity contribution in [1.29, 1.82) is 0 Å². The minimum Gasteiger partial charge on any atom is -0.374 e. The molecule has 6 heteroatoms. The Bertz CT molecular complexity index is 264. The number of carbonyl (C=O) groups excluding carboxylic acids is 1. The van der Waals surface area contributed by atoms with Crippen molar-refractivity contribution in [2.24, 2.45) is 17.6 Å². The molecule has 3 unspecified atom stereocenters. The van der Waals surface area contributed by atoms with Gasteiger partial charge in [-0.3, -0.25) is 4.79 Å². The molecule has 1 fully saturated rings. The maximum atomic E-state index is 11.9. The summed E-state index contributed by atoms with van der Waals surface area (Å²) in [5.41, 5.74) is 5.83. The van der Waals surface area contributed by atoms with Gasteiger partial charge < -0.3 is 15.8 Å². The molecule has 1 amide bonds. The molecular weight excluding hydrogens is 242 g/mol. The van der Waals surface area contributed by atoms with Crippen LogP contribution in [-0.4, -0.2) is 38.1 Å². The van der Waals surface area contributed by atoms with E-state index < -0.39 is 13.0 Å². The molecule has 0 spiro atoms. The first-order valence-electron chi connectivity index (χ1n) is 6.40. The summed E-state index contributed by atoms with van der Waals surface area (Å²) in [6.45, 7) is 1.85. The molecule has 0 aromatic rings. The summed E-state index contributed by atoms with van der Waals surface area (Å²) in [4.78, 5) is 11.9. The number of nitrogens with two attached hydrogens (primary N) is 1. The first-order chi connectivity index (χ1) is 8.50. The van der Waals surface area contributed by atoms with Crippen LogP contribution in [0.5, 0.6) is 0 Å². The molecule has 106 valence electrons. The van der Waals surface area contributed by atoms with Crippen molar-refractivity contribution >= 4 is 5.91 Å². The Morgan fingerprint density at radius 2 is 2.22 bits per heavy atom. The number of rotatable bonds is 6. The van der Waals surface area contributed by atoms with E-state index >= 15 is 0 Å². The molecular formula is C12H22F2N2O2. The zero-order valence-electron chi connectivity index (χ0n) is 10.7. The van der Waals surface area contributed by atoms with Gasteiger partial charge in [-0.2, -0.15) is 0 Å². The van der Waals surface area contributed by atoms with E-state index in [1.165, 1.54) is 0 Å². The number of nitrogens with one attached hydrogen (secondary N) is 1. The van der Waals surface area contributed by atoms with Crippen molar-refractivity contribution < 1.29 is 18.3 Å². The number of hydrogen-bond donors (Lipinski definition) is 2. The highest BCUT2D eigenvalue weighted by molar-refractivity contribution is 5.79. The molecule has 1 saturated carbocycles. The lowest BCUT2D eigenvalue weighted by molar-refractivity contribution is -0.127. The third-order valence-corrected chi connectivity index (χ3v) is 3.34. The monoisotopic (exact) mass is 264 g/mol. The van der Waals surface area contributed by atoms with Gasteiger partial charge in [0, 0.05) is 18.5 Å². The molecule has 0 heterocycles. The Balaban J connectivity index is 2.16. The van der Waals surface area contributed by atoms with E-state index in [1.54, 1.807) is 0 Å². The van der Waals surface area contributed by atoms with Gasteiger partial charge in [0.25, 0.3) is 6.43 Å². The number of ether oxygens (including phenoxy) is 1. The van der Waals surface area contributed by atoms with Crippen LogP contribution in [0.3, 0.4) is 0 Å². The second-order valence-corrected chi connectivity index (χ2v) is 4.91. The normalized spacial score (nSPS) is 28.4. The van der Waals surface area contributed by atoms with Gasteiger partial charge in [0.2, 0.25) is 5.91 Å². The van der Waals surface area contributed by atoms with Crippen LogP contribution < -0.4 is 11.1 Å². The Labute approximate surface area is 106 Å². The Kier molecular flexibility index (Phi) is 6.49. The largest absolute Gasteiger partial charge is 0.374 e. The Morgan fingerprint density at radius 1 is 1.50 bits per heavy atom. The SMILES string of the molecule is CC1CC(N)CCC1C(=O)NCCOCC(F)F. The molecule has 1 aliphatic carbocycles. The fourth-order valence-electron chi connectivity index (χ4n) is 2.38. The summed E-state index contributed by atoms with van der Waals surface area (Å²) >= 11 is 0. The Hall–Kier alpha value is -0.750. The van der Waals surface area contributed by atoms with E-state index in [4.69, 9.17) is 10.5 Å². The summed E-state index contributed by atoms with van der Waals surface area (Å²) in [5, 5.41) is 2.72. The van der Waals surface area contributed by atoms with Gasteiger partial charge in [0.1, 0.15) is 6.61 Å². The average Bonchev–Trinajstić information content (AvgIpc) is 2.27. The smallest absolute Gasteiger partial charge is 0.261 e. The highest BCUT2D eigenvalue weighted by Gasteiger charge is 2.30. The van der Waals surface area contributed by atoms with Crippen LogP contribution in [0.15, 0.2) is 0 Å². The molecule has 0 radical (unpaired) electrons. The number of hydrogen-bond acceptors (Lipinski definition) is 3. The van der Waals surface area contributed by atoms with Gasteiger partial charge in [0.15, 0.2) is 0 Å². The minimum atomic E-state index is -2.46. The standard InChI is InChI=1S/C12H22F2N2O2/c1-8-6-9(15)2-3-10(8)12(17)16-4-5-18-7-11(13)14/h8-11H,2-7,15H2,1H3,(H,16,17). The minimum absolute atomic E-state index is 0.0140. The summed E-state index contributed by atoms with van der Waals surface area (Å²) in [6, 6.07) is 0.193. The lowest BCUT2D eigenvalue weighted by atomic mass is 9.78. The molecule has 4 nitrogen and oxygen atoms in total. The lowest BCUT2D eigenvalue weighted by Crippen LogP contribution is -2.41. The quantitative estimate of drug-likeness (QED) is 0.707. The summed E-state index contributed by atoms with van der Waals surface area (Å²) in [7, 11) is 0. The molecule has 0 aliphatic heterocycles. The van der Waals surface area contributed by atoms with E-state index in [1.807, 2.05) is 6.92 Å². The van der Waals surface area contributed by atoms with Crippen LogP contribution in [0, 0.1) is 11.8 Å². The van der Waals surface area contributed by atoms with Crippen LogP contribution in [0.25, 0.3) is 0 Å². The van der Waals surface area contributed by atoms with Crippen molar-refractivity contribution in [2.45, 2.75) is 38.7 Å². The fourth-order valence-corrected chi connectivity index (χ4v) is 2.38. The van der Waals surface area contributed by atoms with Gasteiger partial charge in [-0.25, -0.2) is 8.78 Å². The highest BCUT2D eigenvalue weighted by atomic mass is 19.3. The van der Waals surface area contributed by atoms with E-state index in [2.05, 4.69) is 5.32 Å². The van der Waals surface area contributed by atoms with Crippen LogP contribution in [0.1, 0.15) is 26.2 Å². The fraction of sp³-hybridized carbons (Fsp3) is 0.917. The summed E-state index contributed by atoms with van der Waals surface area (Å²) < 4.78 is 28.2. The molecule has 3 N–H and O–H groups in total. The van der Waals surface area contributed by atoms with E-state index in [9.17, 15) is 13.6 Å². The van der Waals surface area contributed by atoms with Gasteiger partial charge in [-0.1, -0.05) is 6.92 Å². The van der Waals surface area contributed by atoms with Gasteiger partial charge in [-0.15, -0.1) is 0 Å². The lowest BCUT2D eigenvalue weighted by Gasteiger charge is -2.31. The average molecular weight is 264 g/mol. The summed E-state index contributed by atoms with van der Waals surface area (Å²) in [6.07, 6.45) is 0.0663. The number of halogens is 2. The van der Waals surface area contributed by atoms with E-state index in [0.29, 0.717) is 0 Å². The summed E-state index contributed by atoms with van der Waals surface area (Å²) in [5.74, 6) is 0.241. The van der Waals surface area contributed by atoms with Crippen molar-refractivity contribution in [3.05, 3.63) is 0 Å². The first kappa shape index (κ1) is 15.3. The van der Waals surface area contributed by atoms with E-state index in [0.717, 1.165) is 19.3 Å². The number of amides is 1. The highest BCUT2D eigenvalue weighted by Crippen LogP contribution is 2.28. The van der Waals surface area contributed by atoms with Crippen molar-refractivity contribution in [1.82, 2.24) is 5.32 Å². The number of carbonyl (C=O) groups is 1. The molecule has 3 atom stereocenters. The topological polar surface area (TPSA) is 64.4 Å². The molecule has 0 saturated heterocycles. The van der Waals surface area contributed by atoms with Crippen molar-refractivity contribution in [3.63, 3.8) is 0 Å². The number of alkyl halides is 2. The third-order valence-electron chi connectivity index (χ3n) is 3.34. The van der Waals surface area contributed by atoms with Crippen LogP contribution in [0.4, 0.5) is 8.78 Å². The second-order valence-electron chi connectivity index (χ2n) is 4.91.